The normalized spacial score (nSPS) is 10.9. The van der Waals surface area contributed by atoms with Crippen LogP contribution in [0.4, 0.5) is 5.69 Å². The summed E-state index contributed by atoms with van der Waals surface area (Å²) >= 11 is 9.43. The number of hydrogen-bond donors (Lipinski definition) is 1. The number of fused-ring (bicyclic) bond motifs is 1. The molecule has 0 aliphatic carbocycles. The Morgan fingerprint density at radius 2 is 2.10 bits per heavy atom. The zero-order chi connectivity index (χ0) is 14.1. The Hall–Kier alpha value is -1.79. The molecule has 7 heteroatoms. The van der Waals surface area contributed by atoms with Gasteiger partial charge in [0.25, 0.3) is 0 Å². The number of nitrogen functional groups attached to an aromatic ring is 1. The number of para-hydroxylation sites is 1. The first-order valence-corrected chi connectivity index (χ1v) is 6.98. The van der Waals surface area contributed by atoms with Crippen molar-refractivity contribution in [1.29, 1.82) is 0 Å². The average Bonchev–Trinajstić information content (AvgIpc) is 2.81. The van der Waals surface area contributed by atoms with E-state index >= 15 is 0 Å². The summed E-state index contributed by atoms with van der Waals surface area (Å²) in [6.45, 7) is 0.251. The van der Waals surface area contributed by atoms with Crippen molar-refractivity contribution in [1.82, 2.24) is 14.6 Å². The Balaban J connectivity index is 1.90. The first-order valence-electron chi connectivity index (χ1n) is 5.81. The van der Waals surface area contributed by atoms with Crippen LogP contribution >= 0.6 is 27.5 Å². The Bertz CT molecular complexity index is 774. The van der Waals surface area contributed by atoms with E-state index in [-0.39, 0.29) is 6.61 Å². The van der Waals surface area contributed by atoms with Gasteiger partial charge >= 0.3 is 0 Å². The van der Waals surface area contributed by atoms with E-state index in [0.29, 0.717) is 27.9 Å². The largest absolute Gasteiger partial charge is 0.484 e. The highest BCUT2D eigenvalue weighted by Gasteiger charge is 2.10. The average molecular weight is 354 g/mol. The molecule has 20 heavy (non-hydrogen) atoms. The van der Waals surface area contributed by atoms with Gasteiger partial charge in [0.2, 0.25) is 0 Å². The van der Waals surface area contributed by atoms with Crippen molar-refractivity contribution in [3.05, 3.63) is 51.8 Å². The number of ether oxygens (including phenoxy) is 1. The molecule has 102 valence electrons. The molecule has 2 heterocycles. The number of nitrogens with two attached hydrogens (primary N) is 1. The van der Waals surface area contributed by atoms with E-state index in [2.05, 4.69) is 26.1 Å². The molecule has 0 spiro atoms. The monoisotopic (exact) mass is 352 g/mol. The van der Waals surface area contributed by atoms with E-state index in [0.717, 1.165) is 4.47 Å². The minimum atomic E-state index is 0.251. The van der Waals surface area contributed by atoms with Crippen molar-refractivity contribution in [2.45, 2.75) is 6.61 Å². The summed E-state index contributed by atoms with van der Waals surface area (Å²) in [4.78, 5) is 0. The lowest BCUT2D eigenvalue weighted by molar-refractivity contribution is 0.294. The third-order valence-electron chi connectivity index (χ3n) is 2.76. The maximum Gasteiger partial charge on any atom is 0.184 e. The van der Waals surface area contributed by atoms with Crippen LogP contribution in [0.5, 0.6) is 5.75 Å². The van der Waals surface area contributed by atoms with E-state index < -0.39 is 0 Å². The van der Waals surface area contributed by atoms with Crippen molar-refractivity contribution < 1.29 is 4.74 Å². The number of nitrogens with zero attached hydrogens (tertiary/aromatic N) is 3. The van der Waals surface area contributed by atoms with E-state index in [4.69, 9.17) is 22.1 Å². The Morgan fingerprint density at radius 1 is 1.30 bits per heavy atom. The van der Waals surface area contributed by atoms with Crippen molar-refractivity contribution in [2.75, 3.05) is 5.73 Å². The lowest BCUT2D eigenvalue weighted by atomic mass is 10.3. The molecule has 1 aromatic carbocycles. The van der Waals surface area contributed by atoms with E-state index in [9.17, 15) is 0 Å². The Kier molecular flexibility index (Phi) is 3.50. The summed E-state index contributed by atoms with van der Waals surface area (Å²) in [5.41, 5.74) is 7.04. The van der Waals surface area contributed by atoms with Gasteiger partial charge in [-0.3, -0.25) is 4.40 Å². The molecule has 0 aliphatic rings. The molecule has 0 atom stereocenters. The van der Waals surface area contributed by atoms with E-state index in [1.54, 1.807) is 22.6 Å². The number of benzene rings is 1. The molecular weight excluding hydrogens is 344 g/mol. The molecule has 0 radical (unpaired) electrons. The zero-order valence-electron chi connectivity index (χ0n) is 10.3. The third kappa shape index (κ3) is 2.44. The summed E-state index contributed by atoms with van der Waals surface area (Å²) in [5.74, 6) is 1.25. The molecule has 0 fully saturated rings. The second-order valence-corrected chi connectivity index (χ2v) is 5.47. The molecule has 3 rings (SSSR count). The van der Waals surface area contributed by atoms with Crippen LogP contribution in [0, 0.1) is 0 Å². The third-order valence-corrected chi connectivity index (χ3v) is 3.51. The molecule has 3 aromatic rings. The maximum atomic E-state index is 6.04. The minimum absolute atomic E-state index is 0.251. The molecule has 2 aromatic heterocycles. The van der Waals surface area contributed by atoms with Crippen LogP contribution in [0.1, 0.15) is 5.82 Å². The van der Waals surface area contributed by atoms with E-state index in [1.807, 2.05) is 18.3 Å². The van der Waals surface area contributed by atoms with Crippen LogP contribution in [0.2, 0.25) is 5.02 Å². The quantitative estimate of drug-likeness (QED) is 0.784. The molecule has 0 bridgehead atoms. The van der Waals surface area contributed by atoms with Crippen LogP contribution < -0.4 is 10.5 Å². The SMILES string of the molecule is Nc1cc(Br)cn2c(COc3ccccc3Cl)nnc12. The number of anilines is 1. The number of aromatic nitrogens is 3. The van der Waals surface area contributed by atoms with Crippen LogP contribution in [0.3, 0.4) is 0 Å². The second-order valence-electron chi connectivity index (χ2n) is 4.14. The highest BCUT2D eigenvalue weighted by atomic mass is 79.9. The summed E-state index contributed by atoms with van der Waals surface area (Å²) in [6, 6.07) is 9.06. The van der Waals surface area contributed by atoms with Crippen molar-refractivity contribution in [3.8, 4) is 5.75 Å². The molecule has 0 saturated carbocycles. The molecule has 2 N–H and O–H groups in total. The maximum absolute atomic E-state index is 6.04. The fraction of sp³-hybridized carbons (Fsp3) is 0.0769. The van der Waals surface area contributed by atoms with Crippen LogP contribution in [-0.2, 0) is 6.61 Å². The van der Waals surface area contributed by atoms with Crippen molar-refractivity contribution in [2.24, 2.45) is 0 Å². The van der Waals surface area contributed by atoms with Gasteiger partial charge in [-0.15, -0.1) is 10.2 Å². The highest BCUT2D eigenvalue weighted by molar-refractivity contribution is 9.10. The molecule has 0 amide bonds. The van der Waals surface area contributed by atoms with Crippen LogP contribution in [0.15, 0.2) is 41.0 Å². The first-order chi connectivity index (χ1) is 9.65. The van der Waals surface area contributed by atoms with Gasteiger partial charge < -0.3 is 10.5 Å². The number of pyridine rings is 1. The van der Waals surface area contributed by atoms with Gasteiger partial charge in [0, 0.05) is 10.7 Å². The lowest BCUT2D eigenvalue weighted by Gasteiger charge is -2.07. The minimum Gasteiger partial charge on any atom is -0.484 e. The molecular formula is C13H10BrClN4O. The smallest absolute Gasteiger partial charge is 0.184 e. The lowest BCUT2D eigenvalue weighted by Crippen LogP contribution is -2.02. The topological polar surface area (TPSA) is 65.4 Å². The zero-order valence-corrected chi connectivity index (χ0v) is 12.6. The summed E-state index contributed by atoms with van der Waals surface area (Å²) in [7, 11) is 0. The summed E-state index contributed by atoms with van der Waals surface area (Å²) in [6.07, 6.45) is 1.84. The second kappa shape index (κ2) is 5.30. The predicted octanol–water partition coefficient (Wildman–Crippen LogP) is 3.31. The fourth-order valence-corrected chi connectivity index (χ4v) is 2.47. The fourth-order valence-electron chi connectivity index (χ4n) is 1.83. The summed E-state index contributed by atoms with van der Waals surface area (Å²) < 4.78 is 8.29. The van der Waals surface area contributed by atoms with Crippen LogP contribution in [0.25, 0.3) is 5.65 Å². The van der Waals surface area contributed by atoms with E-state index in [1.165, 1.54) is 0 Å². The summed E-state index contributed by atoms with van der Waals surface area (Å²) in [5, 5.41) is 8.69. The van der Waals surface area contributed by atoms with Crippen molar-refractivity contribution in [3.63, 3.8) is 0 Å². The van der Waals surface area contributed by atoms with Gasteiger partial charge in [-0.05, 0) is 34.1 Å². The molecule has 5 nitrogen and oxygen atoms in total. The number of rotatable bonds is 3. The first kappa shape index (κ1) is 13.2. The molecule has 0 aliphatic heterocycles. The van der Waals surface area contributed by atoms with Gasteiger partial charge in [-0.2, -0.15) is 0 Å². The highest BCUT2D eigenvalue weighted by Crippen LogP contribution is 2.24. The molecule has 0 saturated heterocycles. The number of halogens is 2. The van der Waals surface area contributed by atoms with Crippen LogP contribution in [-0.4, -0.2) is 14.6 Å². The Labute approximate surface area is 128 Å². The van der Waals surface area contributed by atoms with Gasteiger partial charge in [0.1, 0.15) is 12.4 Å². The van der Waals surface area contributed by atoms with Gasteiger partial charge in [0.15, 0.2) is 11.5 Å². The number of hydrogen-bond acceptors (Lipinski definition) is 4. The van der Waals surface area contributed by atoms with Gasteiger partial charge in [-0.1, -0.05) is 23.7 Å². The Morgan fingerprint density at radius 3 is 2.90 bits per heavy atom. The predicted molar refractivity (Wildman–Crippen MR) is 80.9 cm³/mol. The van der Waals surface area contributed by atoms with Crippen molar-refractivity contribution >= 4 is 38.9 Å². The van der Waals surface area contributed by atoms with Gasteiger partial charge in [-0.25, -0.2) is 0 Å². The standard InChI is InChI=1S/C13H10BrClN4O/c14-8-5-10(16)13-18-17-12(19(13)6-8)7-20-11-4-2-1-3-9(11)15/h1-6H,7,16H2. The van der Waals surface area contributed by atoms with Gasteiger partial charge in [0.05, 0.1) is 10.7 Å². The molecule has 0 unspecified atom stereocenters.